The van der Waals surface area contributed by atoms with Crippen molar-refractivity contribution in [2.45, 2.75) is 24.8 Å². The molecule has 2 aromatic rings. The highest BCUT2D eigenvalue weighted by Crippen LogP contribution is 2.15. The van der Waals surface area contributed by atoms with Crippen LogP contribution in [0.2, 0.25) is 0 Å². The molecule has 0 spiro atoms. The van der Waals surface area contributed by atoms with E-state index in [1.165, 1.54) is 24.3 Å². The molecule has 0 bridgehead atoms. The molecular weight excluding hydrogens is 360 g/mol. The highest BCUT2D eigenvalue weighted by atomic mass is 32.2. The van der Waals surface area contributed by atoms with Gasteiger partial charge in [-0.3, -0.25) is 18.9 Å². The number of nitrogens with two attached hydrogens (primary N) is 1. The summed E-state index contributed by atoms with van der Waals surface area (Å²) in [6.07, 6.45) is 2.70. The number of primary amides is 1. The number of carbonyl (C=O) groups excluding carboxylic acids is 1. The molecule has 10 heteroatoms. The molecule has 4 N–H and O–H groups in total. The second-order valence-corrected chi connectivity index (χ2v) is 7.10. The minimum Gasteiger partial charge on any atom is -0.366 e. The molecule has 0 aliphatic carbocycles. The number of nitrogens with zero attached hydrogens (tertiary/aromatic N) is 1. The van der Waals surface area contributed by atoms with Crippen molar-refractivity contribution in [1.82, 2.24) is 14.3 Å². The van der Waals surface area contributed by atoms with Gasteiger partial charge in [-0.15, -0.1) is 0 Å². The maximum Gasteiger partial charge on any atom is 0.329 e. The summed E-state index contributed by atoms with van der Waals surface area (Å²) in [5.41, 5.74) is 4.09. The number of amides is 1. The van der Waals surface area contributed by atoms with Crippen molar-refractivity contribution in [3.05, 3.63) is 63.5 Å². The predicted molar refractivity (Wildman–Crippen MR) is 96.9 cm³/mol. The van der Waals surface area contributed by atoms with Gasteiger partial charge in [-0.2, -0.15) is 0 Å². The van der Waals surface area contributed by atoms with Crippen molar-refractivity contribution < 1.29 is 13.2 Å². The molecule has 0 aliphatic rings. The number of sulfonamides is 1. The Kier molecular flexibility index (Phi) is 5.46. The molecule has 1 amide bonds. The zero-order valence-corrected chi connectivity index (χ0v) is 14.8. The predicted octanol–water partition coefficient (Wildman–Crippen LogP) is -0.0667. The number of H-pyrrole nitrogens is 1. The van der Waals surface area contributed by atoms with Gasteiger partial charge in [0.15, 0.2) is 0 Å². The number of benzene rings is 1. The van der Waals surface area contributed by atoms with E-state index in [0.717, 1.165) is 10.6 Å². The SMILES string of the molecule is C=C(CC)NS(=O)(=O)c1ccc2[nH]c(=O)n(C/C=C/C(N)=O)c(=O)c2c1. The summed E-state index contributed by atoms with van der Waals surface area (Å²) in [6.45, 7) is 5.15. The third kappa shape index (κ3) is 4.09. The van der Waals surface area contributed by atoms with Crippen molar-refractivity contribution in [3.63, 3.8) is 0 Å². The van der Waals surface area contributed by atoms with E-state index in [1.807, 2.05) is 0 Å². The van der Waals surface area contributed by atoms with Gasteiger partial charge in [0.05, 0.1) is 15.8 Å². The summed E-state index contributed by atoms with van der Waals surface area (Å²) in [5, 5.41) is 0.0158. The second kappa shape index (κ2) is 7.40. The lowest BCUT2D eigenvalue weighted by Gasteiger charge is -2.10. The van der Waals surface area contributed by atoms with Gasteiger partial charge in [0.1, 0.15) is 0 Å². The number of nitrogens with one attached hydrogen (secondary N) is 2. The monoisotopic (exact) mass is 378 g/mol. The molecular formula is C16H18N4O5S. The number of aromatic amines is 1. The summed E-state index contributed by atoms with van der Waals surface area (Å²) in [5.74, 6) is -0.717. The largest absolute Gasteiger partial charge is 0.366 e. The standard InChI is InChI=1S/C16H18N4O5S/c1-3-10(2)19-26(24,25)11-6-7-13-12(9-11)15(22)20(16(23)18-13)8-4-5-14(17)21/h4-7,9,19H,2-3,8H2,1H3,(H2,17,21)(H,18,23)/b5-4+. The van der Waals surface area contributed by atoms with E-state index in [9.17, 15) is 22.8 Å². The van der Waals surface area contributed by atoms with Crippen LogP contribution >= 0.6 is 0 Å². The number of aromatic nitrogens is 2. The number of fused-ring (bicyclic) bond motifs is 1. The Balaban J connectivity index is 2.58. The molecule has 0 saturated carbocycles. The molecule has 0 unspecified atom stereocenters. The van der Waals surface area contributed by atoms with E-state index in [4.69, 9.17) is 5.73 Å². The fourth-order valence-corrected chi connectivity index (χ4v) is 3.32. The summed E-state index contributed by atoms with van der Waals surface area (Å²) in [7, 11) is -3.90. The maximum atomic E-state index is 12.5. The van der Waals surface area contributed by atoms with E-state index in [2.05, 4.69) is 16.3 Å². The van der Waals surface area contributed by atoms with Gasteiger partial charge in [-0.25, -0.2) is 13.2 Å². The summed E-state index contributed by atoms with van der Waals surface area (Å²) < 4.78 is 27.8. The van der Waals surface area contributed by atoms with E-state index < -0.39 is 27.2 Å². The highest BCUT2D eigenvalue weighted by molar-refractivity contribution is 7.89. The van der Waals surface area contributed by atoms with Crippen molar-refractivity contribution in [1.29, 1.82) is 0 Å². The quantitative estimate of drug-likeness (QED) is 0.578. The minimum atomic E-state index is -3.90. The molecule has 0 radical (unpaired) electrons. The summed E-state index contributed by atoms with van der Waals surface area (Å²) in [6, 6.07) is 3.79. The molecule has 0 saturated heterocycles. The average Bonchev–Trinajstić information content (AvgIpc) is 2.56. The molecule has 1 heterocycles. The molecule has 0 atom stereocenters. The molecule has 0 aliphatic heterocycles. The Morgan fingerprint density at radius 3 is 2.69 bits per heavy atom. The normalized spacial score (nSPS) is 11.7. The van der Waals surface area contributed by atoms with Crippen molar-refractivity contribution >= 4 is 26.8 Å². The minimum absolute atomic E-state index is 0.0158. The van der Waals surface area contributed by atoms with Crippen LogP contribution in [0.15, 0.2) is 57.1 Å². The zero-order chi connectivity index (χ0) is 19.5. The number of allylic oxidation sites excluding steroid dienone is 2. The van der Waals surface area contributed by atoms with E-state index in [-0.39, 0.29) is 22.3 Å². The van der Waals surface area contributed by atoms with Gasteiger partial charge in [0.25, 0.3) is 15.6 Å². The fraction of sp³-hybridized carbons (Fsp3) is 0.188. The van der Waals surface area contributed by atoms with Gasteiger partial charge >= 0.3 is 5.69 Å². The van der Waals surface area contributed by atoms with Crippen LogP contribution in [-0.4, -0.2) is 23.9 Å². The topological polar surface area (TPSA) is 144 Å². The van der Waals surface area contributed by atoms with Crippen LogP contribution in [0.25, 0.3) is 10.9 Å². The second-order valence-electron chi connectivity index (χ2n) is 5.42. The van der Waals surface area contributed by atoms with Crippen molar-refractivity contribution in [2.75, 3.05) is 0 Å². The first-order chi connectivity index (χ1) is 12.2. The van der Waals surface area contributed by atoms with E-state index in [1.54, 1.807) is 6.92 Å². The lowest BCUT2D eigenvalue weighted by molar-refractivity contribution is -0.113. The van der Waals surface area contributed by atoms with Crippen LogP contribution in [0, 0.1) is 0 Å². The van der Waals surface area contributed by atoms with Crippen LogP contribution in [0.4, 0.5) is 0 Å². The Morgan fingerprint density at radius 1 is 1.38 bits per heavy atom. The molecule has 9 nitrogen and oxygen atoms in total. The third-order valence-corrected chi connectivity index (χ3v) is 4.97. The summed E-state index contributed by atoms with van der Waals surface area (Å²) in [4.78, 5) is 37.6. The van der Waals surface area contributed by atoms with Crippen LogP contribution in [-0.2, 0) is 21.4 Å². The van der Waals surface area contributed by atoms with Crippen LogP contribution in [0.1, 0.15) is 13.3 Å². The number of hydrogen-bond donors (Lipinski definition) is 3. The van der Waals surface area contributed by atoms with Crippen LogP contribution in [0.5, 0.6) is 0 Å². The lowest BCUT2D eigenvalue weighted by Crippen LogP contribution is -2.35. The number of carbonyl (C=O) groups is 1. The molecule has 26 heavy (non-hydrogen) atoms. The highest BCUT2D eigenvalue weighted by Gasteiger charge is 2.16. The fourth-order valence-electron chi connectivity index (χ4n) is 2.16. The Labute approximate surface area is 148 Å². The first-order valence-electron chi connectivity index (χ1n) is 7.59. The number of rotatable bonds is 7. The number of hydrogen-bond acceptors (Lipinski definition) is 5. The third-order valence-electron chi connectivity index (χ3n) is 3.54. The van der Waals surface area contributed by atoms with Gasteiger partial charge in [-0.1, -0.05) is 19.6 Å². The first kappa shape index (κ1) is 19.2. The Bertz CT molecular complexity index is 1130. The Morgan fingerprint density at radius 2 is 2.08 bits per heavy atom. The van der Waals surface area contributed by atoms with E-state index >= 15 is 0 Å². The molecule has 2 rings (SSSR count). The average molecular weight is 378 g/mol. The van der Waals surface area contributed by atoms with Gasteiger partial charge in [-0.05, 0) is 24.6 Å². The first-order valence-corrected chi connectivity index (χ1v) is 9.07. The van der Waals surface area contributed by atoms with Gasteiger partial charge in [0, 0.05) is 18.3 Å². The lowest BCUT2D eigenvalue weighted by atomic mass is 10.2. The van der Waals surface area contributed by atoms with Crippen molar-refractivity contribution in [2.24, 2.45) is 5.73 Å². The Hall–Kier alpha value is -3.14. The van der Waals surface area contributed by atoms with Gasteiger partial charge < -0.3 is 10.7 Å². The van der Waals surface area contributed by atoms with Gasteiger partial charge in [0.2, 0.25) is 5.91 Å². The molecule has 1 aromatic carbocycles. The summed E-state index contributed by atoms with van der Waals surface area (Å²) >= 11 is 0. The van der Waals surface area contributed by atoms with Crippen LogP contribution < -0.4 is 21.7 Å². The van der Waals surface area contributed by atoms with Crippen LogP contribution in [0.3, 0.4) is 0 Å². The maximum absolute atomic E-state index is 12.5. The van der Waals surface area contributed by atoms with Crippen molar-refractivity contribution in [3.8, 4) is 0 Å². The molecule has 0 fully saturated rings. The molecule has 1 aromatic heterocycles. The zero-order valence-electron chi connectivity index (χ0n) is 14.0. The molecule has 138 valence electrons. The van der Waals surface area contributed by atoms with E-state index in [0.29, 0.717) is 12.1 Å². The smallest absolute Gasteiger partial charge is 0.329 e.